The highest BCUT2D eigenvalue weighted by molar-refractivity contribution is 14.0. The van der Waals surface area contributed by atoms with Gasteiger partial charge in [-0.2, -0.15) is 0 Å². The topological polar surface area (TPSA) is 66.3 Å². The predicted octanol–water partition coefficient (Wildman–Crippen LogP) is 1.85. The number of aliphatic hydroxyl groups excluding tert-OH is 1. The molecule has 1 fully saturated rings. The molecule has 6 nitrogen and oxygen atoms in total. The van der Waals surface area contributed by atoms with Crippen LogP contribution in [0.4, 0.5) is 0 Å². The number of likely N-dealkylation sites (tertiary alicyclic amines) is 1. The van der Waals surface area contributed by atoms with Crippen LogP contribution in [-0.2, 0) is 6.54 Å². The van der Waals surface area contributed by atoms with Gasteiger partial charge in [-0.15, -0.1) is 24.0 Å². The van der Waals surface area contributed by atoms with Crippen molar-refractivity contribution < 1.29 is 14.6 Å². The summed E-state index contributed by atoms with van der Waals surface area (Å²) in [6.07, 6.45) is 0.516. The maximum Gasteiger partial charge on any atom is 0.194 e. The smallest absolute Gasteiger partial charge is 0.194 e. The molecule has 0 bridgehead atoms. The number of ether oxygens (including phenoxy) is 2. The molecule has 130 valence electrons. The minimum absolute atomic E-state index is 0. The Morgan fingerprint density at radius 1 is 1.39 bits per heavy atom. The second kappa shape index (κ2) is 9.82. The third-order valence-corrected chi connectivity index (χ3v) is 3.68. The Morgan fingerprint density at radius 2 is 2.17 bits per heavy atom. The van der Waals surface area contributed by atoms with E-state index in [2.05, 4.69) is 15.2 Å². The van der Waals surface area contributed by atoms with Crippen LogP contribution in [0.5, 0.6) is 11.5 Å². The molecule has 0 unspecified atom stereocenters. The summed E-state index contributed by atoms with van der Waals surface area (Å²) in [5.41, 5.74) is 0.969. The van der Waals surface area contributed by atoms with Crippen LogP contribution in [0.15, 0.2) is 23.2 Å². The highest BCUT2D eigenvalue weighted by Crippen LogP contribution is 2.31. The van der Waals surface area contributed by atoms with E-state index in [9.17, 15) is 5.11 Å². The zero-order chi connectivity index (χ0) is 15.9. The van der Waals surface area contributed by atoms with Gasteiger partial charge < -0.3 is 24.8 Å². The summed E-state index contributed by atoms with van der Waals surface area (Å²) in [4.78, 5) is 6.75. The fraction of sp³-hybridized carbons (Fsp3) is 0.562. The van der Waals surface area contributed by atoms with Gasteiger partial charge in [0.2, 0.25) is 0 Å². The Labute approximate surface area is 154 Å². The van der Waals surface area contributed by atoms with Crippen molar-refractivity contribution >= 4 is 29.9 Å². The SMILES string of the molecule is CCNC(=NCc1cccc(OC)c1OC)N1CC[C@@H](O)C1.I. The van der Waals surface area contributed by atoms with Gasteiger partial charge in [-0.05, 0) is 19.4 Å². The number of para-hydroxylation sites is 1. The Hall–Kier alpha value is -1.22. The van der Waals surface area contributed by atoms with Crippen molar-refractivity contribution in [3.05, 3.63) is 23.8 Å². The number of β-amino-alcohol motifs (C(OH)–C–C–N with tert-alkyl or cyclic N) is 1. The number of aliphatic hydroxyl groups is 1. The molecular weight excluding hydrogens is 409 g/mol. The van der Waals surface area contributed by atoms with Crippen molar-refractivity contribution in [3.8, 4) is 11.5 Å². The normalized spacial score (nSPS) is 17.7. The second-order valence-corrected chi connectivity index (χ2v) is 5.21. The summed E-state index contributed by atoms with van der Waals surface area (Å²) in [6, 6.07) is 5.78. The van der Waals surface area contributed by atoms with E-state index < -0.39 is 0 Å². The fourth-order valence-electron chi connectivity index (χ4n) is 2.60. The third-order valence-electron chi connectivity index (χ3n) is 3.68. The molecule has 1 saturated heterocycles. The van der Waals surface area contributed by atoms with Crippen LogP contribution in [0.1, 0.15) is 18.9 Å². The lowest BCUT2D eigenvalue weighted by atomic mass is 10.2. The van der Waals surface area contributed by atoms with Gasteiger partial charge in [0.25, 0.3) is 0 Å². The van der Waals surface area contributed by atoms with Gasteiger partial charge in [0.1, 0.15) is 0 Å². The molecular formula is C16H26IN3O3. The lowest BCUT2D eigenvalue weighted by Crippen LogP contribution is -2.40. The second-order valence-electron chi connectivity index (χ2n) is 5.21. The zero-order valence-corrected chi connectivity index (χ0v) is 16.2. The van der Waals surface area contributed by atoms with Crippen LogP contribution in [0, 0.1) is 0 Å². The maximum absolute atomic E-state index is 9.69. The van der Waals surface area contributed by atoms with Crippen LogP contribution >= 0.6 is 24.0 Å². The largest absolute Gasteiger partial charge is 0.493 e. The van der Waals surface area contributed by atoms with Crippen molar-refractivity contribution in [2.24, 2.45) is 4.99 Å². The molecule has 1 aliphatic heterocycles. The molecule has 7 heteroatoms. The molecule has 0 amide bonds. The first-order chi connectivity index (χ1) is 10.7. The summed E-state index contributed by atoms with van der Waals surface area (Å²) < 4.78 is 10.7. The Bertz CT molecular complexity index is 525. The molecule has 1 aromatic carbocycles. The molecule has 1 aliphatic rings. The average molecular weight is 435 g/mol. The number of halogens is 1. The summed E-state index contributed by atoms with van der Waals surface area (Å²) in [5, 5.41) is 13.0. The van der Waals surface area contributed by atoms with Gasteiger partial charge in [0, 0.05) is 25.2 Å². The average Bonchev–Trinajstić information content (AvgIpc) is 2.97. The molecule has 0 radical (unpaired) electrons. The molecule has 1 atom stereocenters. The van der Waals surface area contributed by atoms with Crippen LogP contribution in [-0.4, -0.2) is 55.9 Å². The Morgan fingerprint density at radius 3 is 2.74 bits per heavy atom. The van der Waals surface area contributed by atoms with Crippen LogP contribution in [0.3, 0.4) is 0 Å². The standard InChI is InChI=1S/C16H25N3O3.HI/c1-4-17-16(19-9-8-13(20)11-19)18-10-12-6-5-7-14(21-2)15(12)22-3;/h5-7,13,20H,4,8-11H2,1-3H3,(H,17,18);1H/t13-;/m1./s1. The number of hydrogen-bond acceptors (Lipinski definition) is 4. The lowest BCUT2D eigenvalue weighted by molar-refractivity contribution is 0.188. The molecule has 2 rings (SSSR count). The fourth-order valence-corrected chi connectivity index (χ4v) is 2.60. The monoisotopic (exact) mass is 435 g/mol. The number of nitrogens with one attached hydrogen (secondary N) is 1. The summed E-state index contributed by atoms with van der Waals surface area (Å²) >= 11 is 0. The van der Waals surface area contributed by atoms with Crippen molar-refractivity contribution in [3.63, 3.8) is 0 Å². The van der Waals surface area contributed by atoms with E-state index in [1.165, 1.54) is 0 Å². The van der Waals surface area contributed by atoms with E-state index in [-0.39, 0.29) is 30.1 Å². The molecule has 2 N–H and O–H groups in total. The van der Waals surface area contributed by atoms with E-state index in [0.717, 1.165) is 31.0 Å². The third kappa shape index (κ3) is 5.13. The minimum atomic E-state index is -0.268. The number of nitrogens with zero attached hydrogens (tertiary/aromatic N) is 2. The number of aliphatic imine (C=N–C) groups is 1. The molecule has 0 aromatic heterocycles. The molecule has 1 aromatic rings. The van der Waals surface area contributed by atoms with Gasteiger partial charge in [-0.25, -0.2) is 4.99 Å². The van der Waals surface area contributed by atoms with Crippen molar-refractivity contribution in [2.45, 2.75) is 26.0 Å². The lowest BCUT2D eigenvalue weighted by Gasteiger charge is -2.21. The van der Waals surface area contributed by atoms with Gasteiger partial charge in [-0.1, -0.05) is 12.1 Å². The minimum Gasteiger partial charge on any atom is -0.493 e. The van der Waals surface area contributed by atoms with Gasteiger partial charge in [0.15, 0.2) is 17.5 Å². The van der Waals surface area contributed by atoms with Crippen LogP contribution in [0.25, 0.3) is 0 Å². The van der Waals surface area contributed by atoms with Gasteiger partial charge >= 0.3 is 0 Å². The first-order valence-electron chi connectivity index (χ1n) is 7.60. The summed E-state index contributed by atoms with van der Waals surface area (Å²) in [7, 11) is 3.26. The van der Waals surface area contributed by atoms with E-state index in [1.807, 2.05) is 25.1 Å². The Balaban J connectivity index is 0.00000264. The molecule has 1 heterocycles. The zero-order valence-electron chi connectivity index (χ0n) is 13.9. The first-order valence-corrected chi connectivity index (χ1v) is 7.60. The van der Waals surface area contributed by atoms with Crippen molar-refractivity contribution in [1.29, 1.82) is 0 Å². The number of guanidine groups is 1. The van der Waals surface area contributed by atoms with E-state index in [4.69, 9.17) is 9.47 Å². The molecule has 0 aliphatic carbocycles. The van der Waals surface area contributed by atoms with Gasteiger partial charge in [0.05, 0.1) is 26.9 Å². The van der Waals surface area contributed by atoms with Crippen molar-refractivity contribution in [2.75, 3.05) is 33.9 Å². The quantitative estimate of drug-likeness (QED) is 0.420. The highest BCUT2D eigenvalue weighted by atomic mass is 127. The summed E-state index contributed by atoms with van der Waals surface area (Å²) in [6.45, 7) is 4.77. The molecule has 0 spiro atoms. The van der Waals surface area contributed by atoms with Gasteiger partial charge in [-0.3, -0.25) is 0 Å². The van der Waals surface area contributed by atoms with E-state index >= 15 is 0 Å². The van der Waals surface area contributed by atoms with Crippen molar-refractivity contribution in [1.82, 2.24) is 10.2 Å². The number of methoxy groups -OCH3 is 2. The van der Waals surface area contributed by atoms with Crippen LogP contribution < -0.4 is 14.8 Å². The maximum atomic E-state index is 9.69. The van der Waals surface area contributed by atoms with E-state index in [0.29, 0.717) is 24.6 Å². The Kier molecular flexibility index (Phi) is 8.46. The first kappa shape index (κ1) is 19.8. The highest BCUT2D eigenvalue weighted by Gasteiger charge is 2.22. The predicted molar refractivity (Wildman–Crippen MR) is 102 cm³/mol. The van der Waals surface area contributed by atoms with Crippen LogP contribution in [0.2, 0.25) is 0 Å². The number of rotatable bonds is 5. The number of hydrogen-bond donors (Lipinski definition) is 2. The van der Waals surface area contributed by atoms with E-state index in [1.54, 1.807) is 14.2 Å². The summed E-state index contributed by atoms with van der Waals surface area (Å²) in [5.74, 6) is 2.24. The number of benzene rings is 1. The molecule has 23 heavy (non-hydrogen) atoms. The molecule has 0 saturated carbocycles.